The minimum Gasteiger partial charge on any atom is -0.439 e. The zero-order valence-electron chi connectivity index (χ0n) is 10.7. The summed E-state index contributed by atoms with van der Waals surface area (Å²) in [6, 6.07) is 4.00. The fraction of sp³-hybridized carbons (Fsp3) is 0.500. The number of piperidine rings is 1. The van der Waals surface area contributed by atoms with E-state index >= 15 is 0 Å². The van der Waals surface area contributed by atoms with Gasteiger partial charge in [0, 0.05) is 5.02 Å². The maximum Gasteiger partial charge on any atom is 0.212 e. The highest BCUT2D eigenvalue weighted by molar-refractivity contribution is 6.31. The number of aromatic nitrogens is 1. The van der Waals surface area contributed by atoms with E-state index in [2.05, 4.69) is 17.2 Å². The standard InChI is InChI=1S/C14H17ClN2O/c1-8-4-3-5-16-12(8)14-17-11-7-10(15)6-9(2)13(11)18-14/h6-8,12,16H,3-5H2,1-2H3. The first-order valence-corrected chi connectivity index (χ1v) is 6.83. The quantitative estimate of drug-likeness (QED) is 0.850. The second-order valence-corrected chi connectivity index (χ2v) is 5.61. The van der Waals surface area contributed by atoms with Gasteiger partial charge >= 0.3 is 0 Å². The van der Waals surface area contributed by atoms with Crippen LogP contribution in [0.2, 0.25) is 5.02 Å². The molecule has 96 valence electrons. The number of nitrogens with zero attached hydrogens (tertiary/aromatic N) is 1. The van der Waals surface area contributed by atoms with Gasteiger partial charge in [0.05, 0.1) is 6.04 Å². The minimum absolute atomic E-state index is 0.226. The number of fused-ring (bicyclic) bond motifs is 1. The third-order valence-electron chi connectivity index (χ3n) is 3.69. The lowest BCUT2D eigenvalue weighted by Gasteiger charge is -2.27. The van der Waals surface area contributed by atoms with Crippen LogP contribution in [0, 0.1) is 12.8 Å². The van der Waals surface area contributed by atoms with Gasteiger partial charge in [-0.2, -0.15) is 0 Å². The van der Waals surface area contributed by atoms with Crippen LogP contribution in [0.3, 0.4) is 0 Å². The summed E-state index contributed by atoms with van der Waals surface area (Å²) in [6.07, 6.45) is 2.44. The average Bonchev–Trinajstić information content (AvgIpc) is 2.73. The van der Waals surface area contributed by atoms with Crippen molar-refractivity contribution in [1.82, 2.24) is 10.3 Å². The van der Waals surface area contributed by atoms with Crippen molar-refractivity contribution in [3.8, 4) is 0 Å². The second kappa shape index (κ2) is 4.56. The van der Waals surface area contributed by atoms with Gasteiger partial charge in [0.25, 0.3) is 0 Å². The molecule has 0 aliphatic carbocycles. The van der Waals surface area contributed by atoms with E-state index in [1.54, 1.807) is 0 Å². The fourth-order valence-electron chi connectivity index (χ4n) is 2.69. The molecule has 0 bridgehead atoms. The van der Waals surface area contributed by atoms with Crippen LogP contribution in [-0.2, 0) is 0 Å². The van der Waals surface area contributed by atoms with Crippen LogP contribution in [0.1, 0.15) is 37.3 Å². The fourth-order valence-corrected chi connectivity index (χ4v) is 2.95. The van der Waals surface area contributed by atoms with Gasteiger partial charge in [-0.25, -0.2) is 4.98 Å². The van der Waals surface area contributed by atoms with E-state index in [0.29, 0.717) is 10.9 Å². The number of halogens is 1. The summed E-state index contributed by atoms with van der Waals surface area (Å²) in [7, 11) is 0. The van der Waals surface area contributed by atoms with E-state index in [1.165, 1.54) is 12.8 Å². The third kappa shape index (κ3) is 2.02. The van der Waals surface area contributed by atoms with Gasteiger partial charge in [0.1, 0.15) is 5.52 Å². The third-order valence-corrected chi connectivity index (χ3v) is 3.91. The number of aryl methyl sites for hydroxylation is 1. The molecule has 0 radical (unpaired) electrons. The van der Waals surface area contributed by atoms with Gasteiger partial charge in [-0.15, -0.1) is 0 Å². The number of oxazole rings is 1. The summed E-state index contributed by atoms with van der Waals surface area (Å²) in [6.45, 7) is 5.28. The van der Waals surface area contributed by atoms with Crippen LogP contribution < -0.4 is 5.32 Å². The summed E-state index contributed by atoms with van der Waals surface area (Å²) in [5.41, 5.74) is 2.75. The van der Waals surface area contributed by atoms with Gasteiger partial charge in [-0.3, -0.25) is 0 Å². The van der Waals surface area contributed by atoms with Crippen molar-refractivity contribution < 1.29 is 4.42 Å². The normalized spacial score (nSPS) is 24.6. The summed E-state index contributed by atoms with van der Waals surface area (Å²) >= 11 is 6.05. The van der Waals surface area contributed by atoms with Crippen LogP contribution in [0.5, 0.6) is 0 Å². The van der Waals surface area contributed by atoms with Crippen LogP contribution in [-0.4, -0.2) is 11.5 Å². The molecule has 3 nitrogen and oxygen atoms in total. The maximum atomic E-state index is 6.05. The van der Waals surface area contributed by atoms with Crippen molar-refractivity contribution in [3.63, 3.8) is 0 Å². The summed E-state index contributed by atoms with van der Waals surface area (Å²) < 4.78 is 5.93. The second-order valence-electron chi connectivity index (χ2n) is 5.17. The lowest BCUT2D eigenvalue weighted by molar-refractivity contribution is 0.264. The van der Waals surface area contributed by atoms with Crippen LogP contribution in [0.25, 0.3) is 11.1 Å². The van der Waals surface area contributed by atoms with Crippen LogP contribution in [0.15, 0.2) is 16.5 Å². The van der Waals surface area contributed by atoms with E-state index in [4.69, 9.17) is 16.0 Å². The topological polar surface area (TPSA) is 38.1 Å². The highest BCUT2D eigenvalue weighted by Crippen LogP contribution is 2.32. The Hall–Kier alpha value is -1.06. The molecule has 0 amide bonds. The molecular weight excluding hydrogens is 248 g/mol. The predicted octanol–water partition coefficient (Wildman–Crippen LogP) is 3.85. The van der Waals surface area contributed by atoms with E-state index in [9.17, 15) is 0 Å². The van der Waals surface area contributed by atoms with Crippen molar-refractivity contribution in [3.05, 3.63) is 28.6 Å². The van der Waals surface area contributed by atoms with Crippen molar-refractivity contribution in [2.45, 2.75) is 32.7 Å². The van der Waals surface area contributed by atoms with Crippen molar-refractivity contribution >= 4 is 22.7 Å². The Labute approximate surface area is 112 Å². The van der Waals surface area contributed by atoms with Crippen molar-refractivity contribution in [2.75, 3.05) is 6.54 Å². The minimum atomic E-state index is 0.226. The molecule has 1 aliphatic heterocycles. The first-order valence-electron chi connectivity index (χ1n) is 6.45. The van der Waals surface area contributed by atoms with Gasteiger partial charge in [0.15, 0.2) is 5.58 Å². The van der Waals surface area contributed by atoms with Gasteiger partial charge in [-0.05, 0) is 49.9 Å². The number of nitrogens with one attached hydrogen (secondary N) is 1. The molecule has 0 saturated carbocycles. The molecule has 2 aromatic rings. The maximum absolute atomic E-state index is 6.05. The first-order chi connectivity index (χ1) is 8.65. The lowest BCUT2D eigenvalue weighted by Crippen LogP contribution is -2.33. The molecule has 2 unspecified atom stereocenters. The highest BCUT2D eigenvalue weighted by atomic mass is 35.5. The average molecular weight is 265 g/mol. The Morgan fingerprint density at radius 3 is 3.06 bits per heavy atom. The first kappa shape index (κ1) is 12.0. The molecule has 1 aromatic heterocycles. The number of rotatable bonds is 1. The molecule has 3 rings (SSSR count). The van der Waals surface area contributed by atoms with Crippen molar-refractivity contribution in [2.24, 2.45) is 5.92 Å². The number of hydrogen-bond donors (Lipinski definition) is 1. The molecular formula is C14H17ClN2O. The monoisotopic (exact) mass is 264 g/mol. The number of hydrogen-bond acceptors (Lipinski definition) is 3. The Kier molecular flexibility index (Phi) is 3.04. The zero-order valence-corrected chi connectivity index (χ0v) is 11.4. The summed E-state index contributed by atoms with van der Waals surface area (Å²) in [4.78, 5) is 4.59. The smallest absolute Gasteiger partial charge is 0.212 e. The SMILES string of the molecule is Cc1cc(Cl)cc2nc(C3NCCCC3C)oc12. The Balaban J connectivity index is 2.05. The number of benzene rings is 1. The molecule has 2 heterocycles. The van der Waals surface area contributed by atoms with Gasteiger partial charge in [0.2, 0.25) is 5.89 Å². The molecule has 1 saturated heterocycles. The molecule has 2 atom stereocenters. The largest absolute Gasteiger partial charge is 0.439 e. The van der Waals surface area contributed by atoms with E-state index < -0.39 is 0 Å². The van der Waals surface area contributed by atoms with Crippen molar-refractivity contribution in [1.29, 1.82) is 0 Å². The van der Waals surface area contributed by atoms with E-state index in [-0.39, 0.29) is 6.04 Å². The lowest BCUT2D eigenvalue weighted by atomic mass is 9.93. The summed E-state index contributed by atoms with van der Waals surface area (Å²) in [5, 5.41) is 4.20. The highest BCUT2D eigenvalue weighted by Gasteiger charge is 2.27. The molecule has 1 N–H and O–H groups in total. The molecule has 1 fully saturated rings. The van der Waals surface area contributed by atoms with E-state index in [1.807, 2.05) is 19.1 Å². The van der Waals surface area contributed by atoms with E-state index in [0.717, 1.165) is 29.1 Å². The van der Waals surface area contributed by atoms with Gasteiger partial charge in [-0.1, -0.05) is 18.5 Å². The molecule has 0 spiro atoms. The molecule has 1 aliphatic rings. The molecule has 4 heteroatoms. The predicted molar refractivity (Wildman–Crippen MR) is 72.9 cm³/mol. The van der Waals surface area contributed by atoms with Crippen LogP contribution in [0.4, 0.5) is 0 Å². The Bertz CT molecular complexity index is 578. The Morgan fingerprint density at radius 2 is 2.28 bits per heavy atom. The molecule has 1 aromatic carbocycles. The van der Waals surface area contributed by atoms with Gasteiger partial charge < -0.3 is 9.73 Å². The Morgan fingerprint density at radius 1 is 1.44 bits per heavy atom. The molecule has 18 heavy (non-hydrogen) atoms. The zero-order chi connectivity index (χ0) is 12.7. The van der Waals surface area contributed by atoms with Crippen LogP contribution >= 0.6 is 11.6 Å². The summed E-state index contributed by atoms with van der Waals surface area (Å²) in [5.74, 6) is 1.35.